The van der Waals surface area contributed by atoms with E-state index in [4.69, 9.17) is 5.11 Å². The van der Waals surface area contributed by atoms with E-state index in [9.17, 15) is 4.79 Å². The fourth-order valence-corrected chi connectivity index (χ4v) is 2.08. The van der Waals surface area contributed by atoms with Crippen molar-refractivity contribution in [3.63, 3.8) is 0 Å². The van der Waals surface area contributed by atoms with Crippen LogP contribution >= 0.6 is 0 Å². The van der Waals surface area contributed by atoms with Crippen molar-refractivity contribution >= 4 is 11.8 Å². The Morgan fingerprint density at radius 3 is 2.65 bits per heavy atom. The molecule has 1 aromatic heterocycles. The summed E-state index contributed by atoms with van der Waals surface area (Å²) in [7, 11) is 4.08. The first-order valence-electron chi connectivity index (χ1n) is 6.96. The van der Waals surface area contributed by atoms with Crippen molar-refractivity contribution in [3.8, 4) is 0 Å². The molecule has 5 nitrogen and oxygen atoms in total. The van der Waals surface area contributed by atoms with Crippen LogP contribution in [0, 0.1) is 12.8 Å². The monoisotopic (exact) mass is 279 g/mol. The maximum atomic E-state index is 11.1. The number of hydrogen-bond acceptors (Lipinski definition) is 4. The molecule has 0 amide bonds. The lowest BCUT2D eigenvalue weighted by Crippen LogP contribution is -2.35. The zero-order chi connectivity index (χ0) is 15.1. The van der Waals surface area contributed by atoms with Crippen LogP contribution in [0.2, 0.25) is 0 Å². The lowest BCUT2D eigenvalue weighted by Gasteiger charge is -2.27. The fourth-order valence-electron chi connectivity index (χ4n) is 2.08. The number of hydrogen-bond donors (Lipinski definition) is 1. The van der Waals surface area contributed by atoms with Gasteiger partial charge in [0.05, 0.1) is 5.92 Å². The molecule has 0 aliphatic heterocycles. The summed E-state index contributed by atoms with van der Waals surface area (Å²) < 4.78 is 0. The van der Waals surface area contributed by atoms with E-state index in [1.165, 1.54) is 0 Å². The molecule has 1 atom stereocenters. The van der Waals surface area contributed by atoms with Gasteiger partial charge in [0, 0.05) is 19.3 Å². The normalized spacial score (nSPS) is 12.4. The maximum absolute atomic E-state index is 11.1. The molecule has 1 N–H and O–H groups in total. The summed E-state index contributed by atoms with van der Waals surface area (Å²) in [4.78, 5) is 19.7. The number of carboxylic acid groups (broad SMARTS) is 1. The lowest BCUT2D eigenvalue weighted by atomic mass is 10.1. The molecule has 0 saturated heterocycles. The number of anilines is 1. The van der Waals surface area contributed by atoms with Gasteiger partial charge in [-0.15, -0.1) is 0 Å². The maximum Gasteiger partial charge on any atom is 0.308 e. The quantitative estimate of drug-likeness (QED) is 0.787. The second-order valence-corrected chi connectivity index (χ2v) is 5.49. The predicted molar refractivity (Wildman–Crippen MR) is 81.2 cm³/mol. The smallest absolute Gasteiger partial charge is 0.308 e. The van der Waals surface area contributed by atoms with Gasteiger partial charge in [-0.05, 0) is 45.6 Å². The average molecular weight is 279 g/mol. The van der Waals surface area contributed by atoms with Gasteiger partial charge < -0.3 is 14.9 Å². The number of aryl methyl sites for hydroxylation is 1. The number of nitrogens with zero attached hydrogens (tertiary/aromatic N) is 3. The summed E-state index contributed by atoms with van der Waals surface area (Å²) in [5.41, 5.74) is 1.08. The number of aromatic nitrogens is 1. The van der Waals surface area contributed by atoms with Gasteiger partial charge in [0.25, 0.3) is 0 Å². The van der Waals surface area contributed by atoms with Crippen LogP contribution in [0.1, 0.15) is 18.9 Å². The summed E-state index contributed by atoms with van der Waals surface area (Å²) in [6, 6.07) is 3.91. The number of pyridine rings is 1. The Morgan fingerprint density at radius 2 is 2.10 bits per heavy atom. The number of carbonyl (C=O) groups is 1. The van der Waals surface area contributed by atoms with Crippen LogP contribution in [0.15, 0.2) is 18.3 Å². The minimum Gasteiger partial charge on any atom is -0.481 e. The van der Waals surface area contributed by atoms with Crippen molar-refractivity contribution in [2.45, 2.75) is 20.3 Å². The summed E-state index contributed by atoms with van der Waals surface area (Å²) in [6.07, 6.45) is 2.74. The molecule has 1 heterocycles. The Morgan fingerprint density at radius 1 is 1.40 bits per heavy atom. The topological polar surface area (TPSA) is 56.7 Å². The van der Waals surface area contributed by atoms with E-state index in [-0.39, 0.29) is 0 Å². The highest BCUT2D eigenvalue weighted by Gasteiger charge is 2.18. The third kappa shape index (κ3) is 5.17. The van der Waals surface area contributed by atoms with Crippen LogP contribution in [0.4, 0.5) is 5.82 Å². The first-order valence-corrected chi connectivity index (χ1v) is 6.96. The molecule has 0 aromatic carbocycles. The standard InChI is InChI=1S/C15H25N3O2/c1-12-7-5-8-16-14(12)18(10-6-9-17(3)4)11-13(2)15(19)20/h5,7-8,13H,6,9-11H2,1-4H3,(H,19,20). The van der Waals surface area contributed by atoms with E-state index in [0.717, 1.165) is 30.9 Å². The van der Waals surface area contributed by atoms with Crippen LogP contribution in [-0.2, 0) is 4.79 Å². The minimum absolute atomic E-state index is 0.407. The Balaban J connectivity index is 2.78. The van der Waals surface area contributed by atoms with Gasteiger partial charge in [0.2, 0.25) is 0 Å². The van der Waals surface area contributed by atoms with Gasteiger partial charge in [0.15, 0.2) is 0 Å². The molecule has 0 aliphatic rings. The van der Waals surface area contributed by atoms with Crippen LogP contribution < -0.4 is 4.90 Å². The third-order valence-electron chi connectivity index (χ3n) is 3.23. The van der Waals surface area contributed by atoms with Gasteiger partial charge in [-0.3, -0.25) is 4.79 Å². The summed E-state index contributed by atoms with van der Waals surface area (Å²) in [5, 5.41) is 9.11. The summed E-state index contributed by atoms with van der Waals surface area (Å²) in [6.45, 7) is 6.02. The minimum atomic E-state index is -0.767. The van der Waals surface area contributed by atoms with Crippen LogP contribution in [-0.4, -0.2) is 54.7 Å². The van der Waals surface area contributed by atoms with Crippen molar-refractivity contribution in [2.24, 2.45) is 5.92 Å². The van der Waals surface area contributed by atoms with E-state index >= 15 is 0 Å². The molecule has 0 aliphatic carbocycles. The van der Waals surface area contributed by atoms with E-state index in [2.05, 4.69) is 14.8 Å². The first kappa shape index (κ1) is 16.4. The zero-order valence-electron chi connectivity index (χ0n) is 12.8. The molecule has 1 unspecified atom stereocenters. The molecule has 0 radical (unpaired) electrons. The average Bonchev–Trinajstić information content (AvgIpc) is 2.37. The molecule has 0 saturated carbocycles. The van der Waals surface area contributed by atoms with Crippen molar-refractivity contribution in [2.75, 3.05) is 38.6 Å². The van der Waals surface area contributed by atoms with Crippen LogP contribution in [0.3, 0.4) is 0 Å². The van der Waals surface area contributed by atoms with Gasteiger partial charge >= 0.3 is 5.97 Å². The van der Waals surface area contributed by atoms with Gasteiger partial charge in [0.1, 0.15) is 5.82 Å². The highest BCUT2D eigenvalue weighted by Crippen LogP contribution is 2.18. The van der Waals surface area contributed by atoms with Crippen LogP contribution in [0.5, 0.6) is 0 Å². The third-order valence-corrected chi connectivity index (χ3v) is 3.23. The SMILES string of the molecule is Cc1cccnc1N(CCCN(C)C)CC(C)C(=O)O. The molecule has 1 rings (SSSR count). The summed E-state index contributed by atoms with van der Waals surface area (Å²) in [5.74, 6) is -0.286. The second-order valence-electron chi connectivity index (χ2n) is 5.49. The summed E-state index contributed by atoms with van der Waals surface area (Å²) >= 11 is 0. The molecular formula is C15H25N3O2. The molecule has 0 bridgehead atoms. The fraction of sp³-hybridized carbons (Fsp3) is 0.600. The van der Waals surface area contributed by atoms with Crippen molar-refractivity contribution in [1.29, 1.82) is 0 Å². The Labute approximate surface area is 121 Å². The van der Waals surface area contributed by atoms with E-state index in [1.807, 2.05) is 33.2 Å². The van der Waals surface area contributed by atoms with Crippen molar-refractivity contribution in [3.05, 3.63) is 23.9 Å². The predicted octanol–water partition coefficient (Wildman–Crippen LogP) is 1.87. The first-order chi connectivity index (χ1) is 9.41. The van der Waals surface area contributed by atoms with Gasteiger partial charge in [-0.1, -0.05) is 13.0 Å². The molecule has 0 spiro atoms. The highest BCUT2D eigenvalue weighted by atomic mass is 16.4. The van der Waals surface area contributed by atoms with E-state index in [1.54, 1.807) is 13.1 Å². The lowest BCUT2D eigenvalue weighted by molar-refractivity contribution is -0.140. The molecule has 0 fully saturated rings. The van der Waals surface area contributed by atoms with E-state index in [0.29, 0.717) is 6.54 Å². The Hall–Kier alpha value is -1.62. The van der Waals surface area contributed by atoms with Gasteiger partial charge in [-0.25, -0.2) is 4.98 Å². The van der Waals surface area contributed by atoms with Crippen molar-refractivity contribution in [1.82, 2.24) is 9.88 Å². The molecule has 20 heavy (non-hydrogen) atoms. The molecule has 1 aromatic rings. The number of aliphatic carboxylic acids is 1. The number of carboxylic acids is 1. The van der Waals surface area contributed by atoms with Crippen LogP contribution in [0.25, 0.3) is 0 Å². The molecule has 112 valence electrons. The van der Waals surface area contributed by atoms with Crippen molar-refractivity contribution < 1.29 is 9.90 Å². The highest BCUT2D eigenvalue weighted by molar-refractivity contribution is 5.70. The van der Waals surface area contributed by atoms with E-state index < -0.39 is 11.9 Å². The molecular weight excluding hydrogens is 254 g/mol. The van der Waals surface area contributed by atoms with Gasteiger partial charge in [-0.2, -0.15) is 0 Å². The largest absolute Gasteiger partial charge is 0.481 e. The number of rotatable bonds is 8. The Kier molecular flexibility index (Phi) is 6.45. The Bertz CT molecular complexity index is 435. The second kappa shape index (κ2) is 7.85. The molecule has 5 heteroatoms. The zero-order valence-corrected chi connectivity index (χ0v) is 12.8.